The van der Waals surface area contributed by atoms with Crippen molar-refractivity contribution in [2.24, 2.45) is 0 Å². The number of oxazole rings is 1. The Hall–Kier alpha value is -1.55. The van der Waals surface area contributed by atoms with Gasteiger partial charge in [-0.1, -0.05) is 25.8 Å². The molecule has 2 aromatic rings. The van der Waals surface area contributed by atoms with Crippen LogP contribution in [-0.4, -0.2) is 22.5 Å². The summed E-state index contributed by atoms with van der Waals surface area (Å²) in [6.07, 6.45) is 6.45. The number of aromatic nitrogens is 1. The first kappa shape index (κ1) is 13.4. The first-order chi connectivity index (χ1) is 9.78. The summed E-state index contributed by atoms with van der Waals surface area (Å²) in [7, 11) is 0. The summed E-state index contributed by atoms with van der Waals surface area (Å²) in [5, 5.41) is 0. The Morgan fingerprint density at radius 1 is 1.35 bits per heavy atom. The average Bonchev–Trinajstić information content (AvgIpc) is 2.73. The van der Waals surface area contributed by atoms with E-state index in [9.17, 15) is 0 Å². The molecule has 1 atom stereocenters. The molecule has 0 aliphatic carbocycles. The lowest BCUT2D eigenvalue weighted by molar-refractivity contribution is 0.170. The highest BCUT2D eigenvalue weighted by molar-refractivity contribution is 5.85. The number of para-hydroxylation sites is 1. The second-order valence-corrected chi connectivity index (χ2v) is 5.68. The Morgan fingerprint density at radius 3 is 3.05 bits per heavy atom. The minimum absolute atomic E-state index is 0.657. The maximum absolute atomic E-state index is 5.95. The predicted molar refractivity (Wildman–Crippen MR) is 81.4 cm³/mol. The third-order valence-electron chi connectivity index (χ3n) is 4.30. The van der Waals surface area contributed by atoms with Crippen LogP contribution in [0.25, 0.3) is 11.1 Å². The summed E-state index contributed by atoms with van der Waals surface area (Å²) in [4.78, 5) is 7.09. The molecule has 1 unspecified atom stereocenters. The van der Waals surface area contributed by atoms with Gasteiger partial charge in [-0.2, -0.15) is 0 Å². The zero-order valence-corrected chi connectivity index (χ0v) is 12.1. The highest BCUT2D eigenvalue weighted by Gasteiger charge is 2.21. The quantitative estimate of drug-likeness (QED) is 0.869. The molecule has 3 rings (SSSR count). The van der Waals surface area contributed by atoms with Crippen LogP contribution >= 0.6 is 0 Å². The molecular weight excluding hydrogens is 250 g/mol. The summed E-state index contributed by atoms with van der Waals surface area (Å²) in [5.74, 6) is 0.790. The molecular formula is C16H23N3O. The molecule has 0 bridgehead atoms. The van der Waals surface area contributed by atoms with Crippen molar-refractivity contribution < 1.29 is 4.42 Å². The van der Waals surface area contributed by atoms with Crippen molar-refractivity contribution in [3.05, 3.63) is 24.1 Å². The van der Waals surface area contributed by atoms with Crippen LogP contribution in [0.1, 0.15) is 44.9 Å². The highest BCUT2D eigenvalue weighted by atomic mass is 16.3. The van der Waals surface area contributed by atoms with E-state index in [2.05, 4.69) is 16.8 Å². The van der Waals surface area contributed by atoms with Gasteiger partial charge in [0.05, 0.1) is 12.2 Å². The molecule has 108 valence electrons. The summed E-state index contributed by atoms with van der Waals surface area (Å²) < 4.78 is 5.85. The largest absolute Gasteiger partial charge is 0.439 e. The Bertz CT molecular complexity index is 578. The lowest BCUT2D eigenvalue weighted by atomic mass is 10.1. The van der Waals surface area contributed by atoms with E-state index >= 15 is 0 Å². The van der Waals surface area contributed by atoms with Crippen molar-refractivity contribution >= 4 is 16.8 Å². The van der Waals surface area contributed by atoms with Crippen molar-refractivity contribution in [2.75, 3.05) is 12.3 Å². The molecule has 20 heavy (non-hydrogen) atoms. The van der Waals surface area contributed by atoms with E-state index < -0.39 is 0 Å². The van der Waals surface area contributed by atoms with Gasteiger partial charge in [0, 0.05) is 6.04 Å². The van der Waals surface area contributed by atoms with Gasteiger partial charge in [0.1, 0.15) is 5.52 Å². The second kappa shape index (κ2) is 5.83. The molecule has 0 radical (unpaired) electrons. The van der Waals surface area contributed by atoms with Crippen molar-refractivity contribution in [3.63, 3.8) is 0 Å². The number of likely N-dealkylation sites (tertiary alicyclic amines) is 1. The summed E-state index contributed by atoms with van der Waals surface area (Å²) in [5.41, 5.74) is 8.23. The molecule has 1 aromatic carbocycles. The number of rotatable bonds is 3. The van der Waals surface area contributed by atoms with E-state index in [4.69, 9.17) is 10.2 Å². The number of hydrogen-bond acceptors (Lipinski definition) is 4. The van der Waals surface area contributed by atoms with Gasteiger partial charge in [-0.25, -0.2) is 4.98 Å². The van der Waals surface area contributed by atoms with Gasteiger partial charge in [-0.3, -0.25) is 4.90 Å². The van der Waals surface area contributed by atoms with Crippen molar-refractivity contribution in [1.82, 2.24) is 9.88 Å². The number of nitrogens with two attached hydrogens (primary N) is 1. The van der Waals surface area contributed by atoms with E-state index in [1.165, 1.54) is 32.1 Å². The molecule has 0 amide bonds. The van der Waals surface area contributed by atoms with Crippen LogP contribution in [-0.2, 0) is 6.54 Å². The molecule has 0 spiro atoms. The van der Waals surface area contributed by atoms with Gasteiger partial charge in [0.2, 0.25) is 5.89 Å². The third kappa shape index (κ3) is 2.66. The van der Waals surface area contributed by atoms with Crippen molar-refractivity contribution in [3.8, 4) is 0 Å². The van der Waals surface area contributed by atoms with Gasteiger partial charge in [-0.05, 0) is 37.9 Å². The fraction of sp³-hybridized carbons (Fsp3) is 0.562. The average molecular weight is 273 g/mol. The lowest BCUT2D eigenvalue weighted by Gasteiger charge is -2.27. The summed E-state index contributed by atoms with van der Waals surface area (Å²) in [6, 6.07) is 6.37. The Kier molecular flexibility index (Phi) is 3.92. The van der Waals surface area contributed by atoms with Crippen LogP contribution in [0.15, 0.2) is 22.6 Å². The van der Waals surface area contributed by atoms with Crippen LogP contribution in [0.5, 0.6) is 0 Å². The zero-order chi connectivity index (χ0) is 13.9. The number of benzene rings is 1. The Labute approximate surface area is 120 Å². The van der Waals surface area contributed by atoms with Gasteiger partial charge >= 0.3 is 0 Å². The van der Waals surface area contributed by atoms with E-state index in [0.717, 1.165) is 30.1 Å². The monoisotopic (exact) mass is 273 g/mol. The molecule has 2 heterocycles. The van der Waals surface area contributed by atoms with Gasteiger partial charge < -0.3 is 10.2 Å². The summed E-state index contributed by atoms with van der Waals surface area (Å²) in [6.45, 7) is 4.21. The molecule has 1 aliphatic heterocycles. The van der Waals surface area contributed by atoms with Crippen molar-refractivity contribution in [1.29, 1.82) is 0 Å². The van der Waals surface area contributed by atoms with Crippen LogP contribution < -0.4 is 5.73 Å². The van der Waals surface area contributed by atoms with E-state index in [1.807, 2.05) is 18.2 Å². The lowest BCUT2D eigenvalue weighted by Crippen LogP contribution is -2.33. The normalized spacial score (nSPS) is 21.1. The molecule has 4 nitrogen and oxygen atoms in total. The molecule has 1 fully saturated rings. The van der Waals surface area contributed by atoms with E-state index in [-0.39, 0.29) is 0 Å². The Balaban J connectivity index is 1.82. The van der Waals surface area contributed by atoms with E-state index in [1.54, 1.807) is 0 Å². The summed E-state index contributed by atoms with van der Waals surface area (Å²) >= 11 is 0. The molecule has 1 saturated heterocycles. The number of hydrogen-bond donors (Lipinski definition) is 1. The zero-order valence-electron chi connectivity index (χ0n) is 12.1. The number of nitrogens with zero attached hydrogens (tertiary/aromatic N) is 2. The van der Waals surface area contributed by atoms with E-state index in [0.29, 0.717) is 11.7 Å². The fourth-order valence-corrected chi connectivity index (χ4v) is 3.16. The number of anilines is 1. The smallest absolute Gasteiger partial charge is 0.209 e. The molecule has 4 heteroatoms. The van der Waals surface area contributed by atoms with Gasteiger partial charge in [0.15, 0.2) is 5.58 Å². The second-order valence-electron chi connectivity index (χ2n) is 5.68. The van der Waals surface area contributed by atoms with Gasteiger partial charge in [-0.15, -0.1) is 0 Å². The van der Waals surface area contributed by atoms with Crippen LogP contribution in [0.4, 0.5) is 5.69 Å². The minimum atomic E-state index is 0.657. The molecule has 2 N–H and O–H groups in total. The SMILES string of the molecule is CCC1CCCCCN1Cc1nc2c(N)cccc2o1. The van der Waals surface area contributed by atoms with Crippen molar-refractivity contribution in [2.45, 2.75) is 51.6 Å². The fourth-order valence-electron chi connectivity index (χ4n) is 3.16. The van der Waals surface area contributed by atoms with Crippen LogP contribution in [0.2, 0.25) is 0 Å². The standard InChI is InChI=1S/C16H23N3O/c1-2-12-7-4-3-5-10-19(12)11-15-18-16-13(17)8-6-9-14(16)20-15/h6,8-9,12H,2-5,7,10-11,17H2,1H3. The number of nitrogen functional groups attached to an aromatic ring is 1. The first-order valence-electron chi connectivity index (χ1n) is 7.66. The predicted octanol–water partition coefficient (Wildman–Crippen LogP) is 3.56. The topological polar surface area (TPSA) is 55.3 Å². The maximum Gasteiger partial charge on any atom is 0.209 e. The number of fused-ring (bicyclic) bond motifs is 1. The molecule has 0 saturated carbocycles. The third-order valence-corrected chi connectivity index (χ3v) is 4.30. The van der Waals surface area contributed by atoms with Crippen LogP contribution in [0.3, 0.4) is 0 Å². The Morgan fingerprint density at radius 2 is 2.25 bits per heavy atom. The first-order valence-corrected chi connectivity index (χ1v) is 7.66. The molecule has 1 aromatic heterocycles. The molecule has 1 aliphatic rings. The minimum Gasteiger partial charge on any atom is -0.439 e. The maximum atomic E-state index is 5.95. The van der Waals surface area contributed by atoms with Crippen LogP contribution in [0, 0.1) is 0 Å². The highest BCUT2D eigenvalue weighted by Crippen LogP contribution is 2.25. The van der Waals surface area contributed by atoms with Gasteiger partial charge in [0.25, 0.3) is 0 Å².